The van der Waals surface area contributed by atoms with Gasteiger partial charge in [0.2, 0.25) is 0 Å². The molecule has 1 aliphatic carbocycles. The molecule has 0 spiro atoms. The first-order valence-electron chi connectivity index (χ1n) is 6.14. The predicted molar refractivity (Wildman–Crippen MR) is 68.0 cm³/mol. The number of pyridine rings is 1. The zero-order valence-electron chi connectivity index (χ0n) is 10.3. The number of hydrogen-bond donors (Lipinski definition) is 0. The number of rotatable bonds is 4. The van der Waals surface area contributed by atoms with Crippen LogP contribution in [0.3, 0.4) is 0 Å². The van der Waals surface area contributed by atoms with Crippen molar-refractivity contribution in [2.24, 2.45) is 0 Å². The fourth-order valence-corrected chi connectivity index (χ4v) is 1.89. The lowest BCUT2D eigenvalue weighted by Gasteiger charge is -2.04. The summed E-state index contributed by atoms with van der Waals surface area (Å²) < 4.78 is 5.08. The van der Waals surface area contributed by atoms with Crippen LogP contribution in [0.1, 0.15) is 30.3 Å². The van der Waals surface area contributed by atoms with Crippen molar-refractivity contribution in [1.82, 2.24) is 15.0 Å². The molecule has 2 aromatic heterocycles. The Morgan fingerprint density at radius 3 is 2.67 bits per heavy atom. The third kappa shape index (κ3) is 2.38. The molecule has 0 bridgehead atoms. The minimum Gasteiger partial charge on any atom is -0.378 e. The average molecular weight is 241 g/mol. The lowest BCUT2D eigenvalue weighted by Crippen LogP contribution is -1.96. The summed E-state index contributed by atoms with van der Waals surface area (Å²) in [6.07, 6.45) is 6.17. The number of aromatic nitrogens is 3. The largest absolute Gasteiger partial charge is 0.378 e. The summed E-state index contributed by atoms with van der Waals surface area (Å²) in [6, 6.07) is 5.90. The Morgan fingerprint density at radius 2 is 2.00 bits per heavy atom. The van der Waals surface area contributed by atoms with Crippen molar-refractivity contribution >= 4 is 0 Å². The van der Waals surface area contributed by atoms with Gasteiger partial charge in [-0.05, 0) is 25.0 Å². The molecule has 3 rings (SSSR count). The highest BCUT2D eigenvalue weighted by atomic mass is 16.5. The molecule has 1 saturated carbocycles. The van der Waals surface area contributed by atoms with Crippen LogP contribution in [0, 0.1) is 0 Å². The lowest BCUT2D eigenvalue weighted by atomic mass is 10.2. The third-order valence-corrected chi connectivity index (χ3v) is 3.01. The van der Waals surface area contributed by atoms with Crippen LogP contribution in [-0.4, -0.2) is 22.1 Å². The van der Waals surface area contributed by atoms with Gasteiger partial charge in [-0.2, -0.15) is 0 Å². The molecule has 0 N–H and O–H groups in total. The molecule has 1 fully saturated rings. The smallest absolute Gasteiger partial charge is 0.131 e. The van der Waals surface area contributed by atoms with Gasteiger partial charge in [0.25, 0.3) is 0 Å². The van der Waals surface area contributed by atoms with E-state index in [2.05, 4.69) is 15.0 Å². The molecular weight excluding hydrogens is 226 g/mol. The summed E-state index contributed by atoms with van der Waals surface area (Å²) in [5.41, 5.74) is 2.77. The standard InChI is InChI=1S/C14H15N3O/c1-18-9-12-3-2-4-13(17-12)11-7-15-14(16-8-11)10-5-6-10/h2-4,7-8,10H,5-6,9H2,1H3. The first-order valence-corrected chi connectivity index (χ1v) is 6.14. The molecule has 0 saturated heterocycles. The van der Waals surface area contributed by atoms with Gasteiger partial charge in [-0.3, -0.25) is 4.98 Å². The van der Waals surface area contributed by atoms with Crippen LogP contribution in [0.5, 0.6) is 0 Å². The van der Waals surface area contributed by atoms with Gasteiger partial charge in [-0.25, -0.2) is 9.97 Å². The zero-order valence-corrected chi connectivity index (χ0v) is 10.3. The lowest BCUT2D eigenvalue weighted by molar-refractivity contribution is 0.181. The van der Waals surface area contributed by atoms with Crippen molar-refractivity contribution in [1.29, 1.82) is 0 Å². The van der Waals surface area contributed by atoms with E-state index < -0.39 is 0 Å². The first kappa shape index (κ1) is 11.3. The van der Waals surface area contributed by atoms with Gasteiger partial charge in [0, 0.05) is 31.0 Å². The Balaban J connectivity index is 1.86. The van der Waals surface area contributed by atoms with Crippen molar-refractivity contribution in [3.63, 3.8) is 0 Å². The number of nitrogens with zero attached hydrogens (tertiary/aromatic N) is 3. The molecule has 0 atom stereocenters. The minimum atomic E-state index is 0.523. The van der Waals surface area contributed by atoms with E-state index in [0.717, 1.165) is 22.8 Å². The molecule has 0 aliphatic heterocycles. The van der Waals surface area contributed by atoms with Crippen molar-refractivity contribution in [3.05, 3.63) is 42.1 Å². The molecular formula is C14H15N3O. The zero-order chi connectivity index (χ0) is 12.4. The molecule has 0 unspecified atom stereocenters. The molecule has 2 heterocycles. The Kier molecular flexibility index (Phi) is 3.02. The van der Waals surface area contributed by atoms with Crippen LogP contribution in [0.25, 0.3) is 11.3 Å². The van der Waals surface area contributed by atoms with E-state index in [1.807, 2.05) is 30.6 Å². The molecule has 4 heteroatoms. The van der Waals surface area contributed by atoms with Gasteiger partial charge in [0.05, 0.1) is 18.0 Å². The molecule has 92 valence electrons. The monoisotopic (exact) mass is 241 g/mol. The topological polar surface area (TPSA) is 47.9 Å². The fraction of sp³-hybridized carbons (Fsp3) is 0.357. The summed E-state index contributed by atoms with van der Waals surface area (Å²) in [5, 5.41) is 0. The minimum absolute atomic E-state index is 0.523. The molecule has 18 heavy (non-hydrogen) atoms. The van der Waals surface area contributed by atoms with Crippen LogP contribution in [0.4, 0.5) is 0 Å². The third-order valence-electron chi connectivity index (χ3n) is 3.01. The Bertz CT molecular complexity index is 535. The quantitative estimate of drug-likeness (QED) is 0.825. The molecule has 0 amide bonds. The summed E-state index contributed by atoms with van der Waals surface area (Å²) >= 11 is 0. The van der Waals surface area contributed by atoms with E-state index in [0.29, 0.717) is 12.5 Å². The van der Waals surface area contributed by atoms with E-state index in [1.54, 1.807) is 7.11 Å². The Labute approximate surface area is 106 Å². The Morgan fingerprint density at radius 1 is 1.22 bits per heavy atom. The van der Waals surface area contributed by atoms with Crippen molar-refractivity contribution in [2.75, 3.05) is 7.11 Å². The van der Waals surface area contributed by atoms with Gasteiger partial charge >= 0.3 is 0 Å². The maximum Gasteiger partial charge on any atom is 0.131 e. The highest BCUT2D eigenvalue weighted by molar-refractivity contribution is 5.56. The number of hydrogen-bond acceptors (Lipinski definition) is 4. The molecule has 2 aromatic rings. The van der Waals surface area contributed by atoms with Crippen LogP contribution >= 0.6 is 0 Å². The highest BCUT2D eigenvalue weighted by Gasteiger charge is 2.26. The summed E-state index contributed by atoms with van der Waals surface area (Å²) in [5.74, 6) is 1.55. The summed E-state index contributed by atoms with van der Waals surface area (Å²) in [7, 11) is 1.67. The van der Waals surface area contributed by atoms with Crippen molar-refractivity contribution in [3.8, 4) is 11.3 Å². The van der Waals surface area contributed by atoms with Crippen LogP contribution in [0.15, 0.2) is 30.6 Å². The SMILES string of the molecule is COCc1cccc(-c2cnc(C3CC3)nc2)n1. The van der Waals surface area contributed by atoms with Gasteiger partial charge in [0.15, 0.2) is 0 Å². The van der Waals surface area contributed by atoms with Gasteiger partial charge in [-0.1, -0.05) is 6.07 Å². The van der Waals surface area contributed by atoms with Crippen molar-refractivity contribution < 1.29 is 4.74 Å². The summed E-state index contributed by atoms with van der Waals surface area (Å²) in [4.78, 5) is 13.3. The average Bonchev–Trinajstić information content (AvgIpc) is 3.24. The predicted octanol–water partition coefficient (Wildman–Crippen LogP) is 2.56. The van der Waals surface area contributed by atoms with E-state index in [-0.39, 0.29) is 0 Å². The maximum absolute atomic E-state index is 5.08. The van der Waals surface area contributed by atoms with Gasteiger partial charge < -0.3 is 4.74 Å². The van der Waals surface area contributed by atoms with E-state index in [9.17, 15) is 0 Å². The molecule has 0 aromatic carbocycles. The molecule has 4 nitrogen and oxygen atoms in total. The van der Waals surface area contributed by atoms with Gasteiger partial charge in [0.1, 0.15) is 5.82 Å². The van der Waals surface area contributed by atoms with Gasteiger partial charge in [-0.15, -0.1) is 0 Å². The normalized spacial score (nSPS) is 14.7. The van der Waals surface area contributed by atoms with Crippen LogP contribution in [-0.2, 0) is 11.3 Å². The number of methoxy groups -OCH3 is 1. The molecule has 0 radical (unpaired) electrons. The second-order valence-electron chi connectivity index (χ2n) is 4.55. The van der Waals surface area contributed by atoms with E-state index in [1.165, 1.54) is 12.8 Å². The highest BCUT2D eigenvalue weighted by Crippen LogP contribution is 2.37. The fourth-order valence-electron chi connectivity index (χ4n) is 1.89. The summed E-state index contributed by atoms with van der Waals surface area (Å²) in [6.45, 7) is 0.523. The van der Waals surface area contributed by atoms with E-state index in [4.69, 9.17) is 4.74 Å². The van der Waals surface area contributed by atoms with Crippen LogP contribution in [0.2, 0.25) is 0 Å². The van der Waals surface area contributed by atoms with Crippen molar-refractivity contribution in [2.45, 2.75) is 25.4 Å². The maximum atomic E-state index is 5.08. The second-order valence-corrected chi connectivity index (χ2v) is 4.55. The first-order chi connectivity index (χ1) is 8.86. The Hall–Kier alpha value is -1.81. The van der Waals surface area contributed by atoms with E-state index >= 15 is 0 Å². The molecule has 1 aliphatic rings. The number of ether oxygens (including phenoxy) is 1. The second kappa shape index (κ2) is 4.82. The van der Waals surface area contributed by atoms with Crippen LogP contribution < -0.4 is 0 Å².